The van der Waals surface area contributed by atoms with E-state index in [1.807, 2.05) is 13.8 Å². The highest BCUT2D eigenvalue weighted by molar-refractivity contribution is 5.86. The van der Waals surface area contributed by atoms with Crippen LogP contribution in [0.5, 0.6) is 11.5 Å². The Morgan fingerprint density at radius 1 is 1.35 bits per heavy atom. The minimum atomic E-state index is -1.01. The molecule has 0 aliphatic heterocycles. The second-order valence-corrected chi connectivity index (χ2v) is 4.34. The lowest BCUT2D eigenvalue weighted by Crippen LogP contribution is -2.11. The molecule has 0 saturated carbocycles. The molecule has 0 aromatic heterocycles. The van der Waals surface area contributed by atoms with E-state index < -0.39 is 5.97 Å². The van der Waals surface area contributed by atoms with Gasteiger partial charge in [0.2, 0.25) is 0 Å². The van der Waals surface area contributed by atoms with Gasteiger partial charge in [0.25, 0.3) is 0 Å². The van der Waals surface area contributed by atoms with Crippen molar-refractivity contribution in [3.8, 4) is 11.5 Å². The predicted octanol–water partition coefficient (Wildman–Crippen LogP) is 2.60. The summed E-state index contributed by atoms with van der Waals surface area (Å²) in [4.78, 5) is 10.6. The number of aliphatic carboxylic acids is 1. The van der Waals surface area contributed by atoms with Crippen LogP contribution >= 0.6 is 0 Å². The number of rotatable bonds is 8. The van der Waals surface area contributed by atoms with Crippen molar-refractivity contribution in [2.75, 3.05) is 20.3 Å². The molecule has 5 nitrogen and oxygen atoms in total. The van der Waals surface area contributed by atoms with Gasteiger partial charge in [0.1, 0.15) is 18.1 Å². The van der Waals surface area contributed by atoms with Gasteiger partial charge in [0, 0.05) is 11.6 Å². The van der Waals surface area contributed by atoms with Gasteiger partial charge in [-0.05, 0) is 38.1 Å². The first-order valence-electron chi connectivity index (χ1n) is 6.36. The molecule has 0 aliphatic carbocycles. The van der Waals surface area contributed by atoms with Crippen LogP contribution in [0.25, 0.3) is 6.08 Å². The molecule has 20 heavy (non-hydrogen) atoms. The Morgan fingerprint density at radius 3 is 2.70 bits per heavy atom. The van der Waals surface area contributed by atoms with Gasteiger partial charge < -0.3 is 19.3 Å². The molecule has 1 N–H and O–H groups in total. The van der Waals surface area contributed by atoms with E-state index in [-0.39, 0.29) is 6.10 Å². The van der Waals surface area contributed by atoms with Crippen molar-refractivity contribution in [1.82, 2.24) is 0 Å². The van der Waals surface area contributed by atoms with Gasteiger partial charge >= 0.3 is 5.97 Å². The second-order valence-electron chi connectivity index (χ2n) is 4.34. The molecule has 0 unspecified atom stereocenters. The maximum atomic E-state index is 10.6. The summed E-state index contributed by atoms with van der Waals surface area (Å²) in [6.45, 7) is 4.78. The van der Waals surface area contributed by atoms with Gasteiger partial charge in [-0.3, -0.25) is 0 Å². The third-order valence-corrected chi connectivity index (χ3v) is 2.41. The van der Waals surface area contributed by atoms with Crippen molar-refractivity contribution < 1.29 is 24.1 Å². The molecule has 5 heteroatoms. The van der Waals surface area contributed by atoms with Crippen LogP contribution < -0.4 is 9.47 Å². The second kappa shape index (κ2) is 8.22. The van der Waals surface area contributed by atoms with Crippen LogP contribution in [0.4, 0.5) is 0 Å². The van der Waals surface area contributed by atoms with E-state index in [0.29, 0.717) is 30.3 Å². The minimum absolute atomic E-state index is 0.154. The van der Waals surface area contributed by atoms with Crippen LogP contribution in [0.15, 0.2) is 24.3 Å². The largest absolute Gasteiger partial charge is 0.497 e. The van der Waals surface area contributed by atoms with Gasteiger partial charge in [0.15, 0.2) is 0 Å². The SMILES string of the molecule is COc1ccc(OCCOC(C)C)c(C=CC(=O)O)c1. The zero-order valence-electron chi connectivity index (χ0n) is 12.0. The molecule has 0 heterocycles. The Bertz CT molecular complexity index is 465. The predicted molar refractivity (Wildman–Crippen MR) is 76.2 cm³/mol. The van der Waals surface area contributed by atoms with E-state index in [1.165, 1.54) is 6.08 Å². The highest BCUT2D eigenvalue weighted by Crippen LogP contribution is 2.25. The molecule has 0 radical (unpaired) electrons. The van der Waals surface area contributed by atoms with E-state index in [9.17, 15) is 4.79 Å². The topological polar surface area (TPSA) is 65.0 Å². The molecular formula is C15H20O5. The summed E-state index contributed by atoms with van der Waals surface area (Å²) < 4.78 is 16.1. The fourth-order valence-corrected chi connectivity index (χ4v) is 1.51. The molecule has 0 amide bonds. The average molecular weight is 280 g/mol. The van der Waals surface area contributed by atoms with Crippen molar-refractivity contribution in [2.45, 2.75) is 20.0 Å². The summed E-state index contributed by atoms with van der Waals surface area (Å²) >= 11 is 0. The van der Waals surface area contributed by atoms with Crippen LogP contribution in [-0.4, -0.2) is 37.5 Å². The number of benzene rings is 1. The Labute approximate surface area is 118 Å². The molecule has 0 saturated heterocycles. The first-order chi connectivity index (χ1) is 9.52. The zero-order valence-corrected chi connectivity index (χ0v) is 12.0. The monoisotopic (exact) mass is 280 g/mol. The van der Waals surface area contributed by atoms with Crippen LogP contribution in [0.1, 0.15) is 19.4 Å². The summed E-state index contributed by atoms with van der Waals surface area (Å²) in [5.74, 6) is 0.221. The highest BCUT2D eigenvalue weighted by atomic mass is 16.5. The van der Waals surface area contributed by atoms with Crippen LogP contribution in [0.2, 0.25) is 0 Å². The molecule has 0 bridgehead atoms. The quantitative estimate of drug-likeness (QED) is 0.585. The molecule has 0 atom stereocenters. The maximum Gasteiger partial charge on any atom is 0.328 e. The molecule has 0 fully saturated rings. The smallest absolute Gasteiger partial charge is 0.328 e. The number of methoxy groups -OCH3 is 1. The lowest BCUT2D eigenvalue weighted by Gasteiger charge is -2.12. The van der Waals surface area contributed by atoms with Crippen LogP contribution in [-0.2, 0) is 9.53 Å². The van der Waals surface area contributed by atoms with E-state index in [4.69, 9.17) is 19.3 Å². The van der Waals surface area contributed by atoms with Crippen molar-refractivity contribution in [1.29, 1.82) is 0 Å². The number of carbonyl (C=O) groups is 1. The van der Waals surface area contributed by atoms with E-state index in [0.717, 1.165) is 6.08 Å². The number of carboxylic acids is 1. The minimum Gasteiger partial charge on any atom is -0.497 e. The van der Waals surface area contributed by atoms with Gasteiger partial charge in [-0.1, -0.05) is 0 Å². The third kappa shape index (κ3) is 5.75. The average Bonchev–Trinajstić information content (AvgIpc) is 2.41. The molecule has 110 valence electrons. The molecule has 1 rings (SSSR count). The lowest BCUT2D eigenvalue weighted by atomic mass is 10.1. The summed E-state index contributed by atoms with van der Waals surface area (Å²) in [5.41, 5.74) is 0.649. The van der Waals surface area contributed by atoms with Crippen molar-refractivity contribution >= 4 is 12.0 Å². The van der Waals surface area contributed by atoms with E-state index in [2.05, 4.69) is 0 Å². The fraction of sp³-hybridized carbons (Fsp3) is 0.400. The van der Waals surface area contributed by atoms with Crippen molar-refractivity contribution in [3.63, 3.8) is 0 Å². The van der Waals surface area contributed by atoms with Crippen LogP contribution in [0, 0.1) is 0 Å². The number of hydrogen-bond acceptors (Lipinski definition) is 4. The molecular weight excluding hydrogens is 260 g/mol. The molecule has 1 aromatic rings. The van der Waals surface area contributed by atoms with Gasteiger partial charge in [-0.2, -0.15) is 0 Å². The number of hydrogen-bond donors (Lipinski definition) is 1. The summed E-state index contributed by atoms with van der Waals surface area (Å²) in [5, 5.41) is 8.69. The first kappa shape index (κ1) is 16.0. The Morgan fingerprint density at radius 2 is 2.10 bits per heavy atom. The number of carboxylic acid groups (broad SMARTS) is 1. The fourth-order valence-electron chi connectivity index (χ4n) is 1.51. The summed E-state index contributed by atoms with van der Waals surface area (Å²) in [6, 6.07) is 5.23. The van der Waals surface area contributed by atoms with Gasteiger partial charge in [-0.25, -0.2) is 4.79 Å². The Balaban J connectivity index is 2.75. The molecule has 0 aliphatic rings. The Kier molecular flexibility index (Phi) is 6.59. The summed E-state index contributed by atoms with van der Waals surface area (Å²) in [6.07, 6.45) is 2.69. The van der Waals surface area contributed by atoms with Crippen LogP contribution in [0.3, 0.4) is 0 Å². The highest BCUT2D eigenvalue weighted by Gasteiger charge is 2.04. The molecule has 0 spiro atoms. The normalized spacial score (nSPS) is 11.0. The maximum absolute atomic E-state index is 10.6. The van der Waals surface area contributed by atoms with Crippen molar-refractivity contribution in [3.05, 3.63) is 29.8 Å². The van der Waals surface area contributed by atoms with E-state index >= 15 is 0 Å². The van der Waals surface area contributed by atoms with Gasteiger partial charge in [-0.15, -0.1) is 0 Å². The molecule has 1 aromatic carbocycles. The zero-order chi connectivity index (χ0) is 15.0. The van der Waals surface area contributed by atoms with Gasteiger partial charge in [0.05, 0.1) is 19.8 Å². The lowest BCUT2D eigenvalue weighted by molar-refractivity contribution is -0.131. The van der Waals surface area contributed by atoms with Crippen molar-refractivity contribution in [2.24, 2.45) is 0 Å². The van der Waals surface area contributed by atoms with E-state index in [1.54, 1.807) is 25.3 Å². The standard InChI is InChI=1S/C15H20O5/c1-11(2)19-8-9-20-14-6-5-13(18-3)10-12(14)4-7-15(16)17/h4-7,10-11H,8-9H2,1-3H3,(H,16,17). The number of ether oxygens (including phenoxy) is 3. The first-order valence-corrected chi connectivity index (χ1v) is 6.36. The Hall–Kier alpha value is -2.01. The third-order valence-electron chi connectivity index (χ3n) is 2.41. The summed E-state index contributed by atoms with van der Waals surface area (Å²) in [7, 11) is 1.55.